The molecule has 0 aromatic heterocycles. The molecule has 4 nitrogen and oxygen atoms in total. The van der Waals surface area contributed by atoms with Crippen LogP contribution in [0, 0.1) is 18.3 Å². The molecule has 2 rings (SSSR count). The van der Waals surface area contributed by atoms with Crippen LogP contribution >= 0.6 is 0 Å². The number of allylic oxidation sites excluding steroid dienone is 2. The fourth-order valence-electron chi connectivity index (χ4n) is 2.81. The van der Waals surface area contributed by atoms with Gasteiger partial charge in [-0.2, -0.15) is 5.26 Å². The lowest BCUT2D eigenvalue weighted by Gasteiger charge is -2.31. The molecule has 0 aliphatic carbocycles. The van der Waals surface area contributed by atoms with Gasteiger partial charge in [0.05, 0.1) is 11.6 Å². The summed E-state index contributed by atoms with van der Waals surface area (Å²) in [4.78, 5) is 16.9. The summed E-state index contributed by atoms with van der Waals surface area (Å²) in [5.41, 5.74) is 3.94. The summed E-state index contributed by atoms with van der Waals surface area (Å²) in [5.74, 6) is 0. The van der Waals surface area contributed by atoms with Crippen LogP contribution in [0.1, 0.15) is 37.0 Å². The van der Waals surface area contributed by atoms with Crippen molar-refractivity contribution >= 4 is 19.2 Å². The van der Waals surface area contributed by atoms with E-state index in [9.17, 15) is 9.90 Å². The Labute approximate surface area is 137 Å². The van der Waals surface area contributed by atoms with Gasteiger partial charge in [-0.1, -0.05) is 13.0 Å². The molecular formula is C18H20BN2O2. The molecule has 23 heavy (non-hydrogen) atoms. The van der Waals surface area contributed by atoms with Crippen LogP contribution in [0.25, 0.3) is 0 Å². The van der Waals surface area contributed by atoms with Crippen molar-refractivity contribution in [2.75, 3.05) is 6.61 Å². The highest BCUT2D eigenvalue weighted by Crippen LogP contribution is 2.39. The van der Waals surface area contributed by atoms with Gasteiger partial charge >= 0.3 is 0 Å². The molecule has 1 aliphatic rings. The first kappa shape index (κ1) is 17.2. The number of carbonyl (C=O) groups is 1. The molecule has 1 aromatic rings. The lowest BCUT2D eigenvalue weighted by Crippen LogP contribution is -2.34. The first-order chi connectivity index (χ1) is 10.9. The number of aliphatic hydroxyl groups is 1. The molecule has 1 atom stereocenters. The van der Waals surface area contributed by atoms with Crippen LogP contribution in [0.2, 0.25) is 5.31 Å². The molecule has 1 N–H and O–H groups in total. The Morgan fingerprint density at radius 2 is 2.26 bits per heavy atom. The highest BCUT2D eigenvalue weighted by atomic mass is 16.3. The van der Waals surface area contributed by atoms with Crippen LogP contribution in [-0.4, -0.2) is 30.9 Å². The quantitative estimate of drug-likeness (QED) is 0.686. The standard InChI is InChI=1S/C18H20BN2O2/c1-4-21-16-9-18(3,11-22)19-17(23)15(16)8-14-6-5-13(10-20)7-12(14)2/h4-7,22H,8-9,11H2,1-3H3. The predicted molar refractivity (Wildman–Crippen MR) is 91.6 cm³/mol. The van der Waals surface area contributed by atoms with Crippen LogP contribution in [0.5, 0.6) is 0 Å². The molecule has 1 radical (unpaired) electrons. The summed E-state index contributed by atoms with van der Waals surface area (Å²) < 4.78 is 0. The smallest absolute Gasteiger partial charge is 0.218 e. The number of aryl methyl sites for hydroxylation is 1. The van der Waals surface area contributed by atoms with Crippen LogP contribution in [-0.2, 0) is 11.2 Å². The lowest BCUT2D eigenvalue weighted by atomic mass is 9.45. The van der Waals surface area contributed by atoms with Gasteiger partial charge in [-0.3, -0.25) is 4.99 Å². The third kappa shape index (κ3) is 3.78. The second-order valence-electron chi connectivity index (χ2n) is 6.24. The average Bonchev–Trinajstić information content (AvgIpc) is 2.52. The maximum Gasteiger partial charge on any atom is 0.218 e. The molecule has 117 valence electrons. The zero-order chi connectivity index (χ0) is 17.0. The van der Waals surface area contributed by atoms with Crippen LogP contribution in [0.4, 0.5) is 0 Å². The van der Waals surface area contributed by atoms with E-state index in [1.807, 2.05) is 32.9 Å². The van der Waals surface area contributed by atoms with Crippen molar-refractivity contribution in [1.82, 2.24) is 0 Å². The third-order valence-electron chi connectivity index (χ3n) is 4.18. The summed E-state index contributed by atoms with van der Waals surface area (Å²) in [6, 6.07) is 7.60. The minimum absolute atomic E-state index is 0.0721. The van der Waals surface area contributed by atoms with E-state index in [1.54, 1.807) is 19.6 Å². The molecule has 0 fully saturated rings. The van der Waals surface area contributed by atoms with Gasteiger partial charge in [0.2, 0.25) is 7.28 Å². The molecule has 1 unspecified atom stereocenters. The number of benzene rings is 1. The fraction of sp³-hybridized carbons (Fsp3) is 0.389. The van der Waals surface area contributed by atoms with Gasteiger partial charge in [-0.25, -0.2) is 0 Å². The molecule has 1 aromatic carbocycles. The van der Waals surface area contributed by atoms with E-state index >= 15 is 0 Å². The maximum absolute atomic E-state index is 12.5. The van der Waals surface area contributed by atoms with Gasteiger partial charge in [-0.05, 0) is 48.8 Å². The predicted octanol–water partition coefficient (Wildman–Crippen LogP) is 2.56. The summed E-state index contributed by atoms with van der Waals surface area (Å²) in [6.07, 6.45) is 2.71. The summed E-state index contributed by atoms with van der Waals surface area (Å²) in [6.45, 7) is 5.54. The number of rotatable bonds is 4. The first-order valence-electron chi connectivity index (χ1n) is 7.64. The van der Waals surface area contributed by atoms with E-state index in [0.29, 0.717) is 24.0 Å². The Bertz CT molecular complexity index is 731. The van der Waals surface area contributed by atoms with Gasteiger partial charge in [0.25, 0.3) is 0 Å². The van der Waals surface area contributed by atoms with Crippen molar-refractivity contribution in [1.29, 1.82) is 5.26 Å². The Kier molecular flexibility index (Phi) is 5.17. The largest absolute Gasteiger partial charge is 0.397 e. The van der Waals surface area contributed by atoms with Crippen molar-refractivity contribution in [2.45, 2.75) is 38.9 Å². The molecule has 0 bridgehead atoms. The monoisotopic (exact) mass is 307 g/mol. The van der Waals surface area contributed by atoms with Crippen LogP contribution in [0.15, 0.2) is 34.5 Å². The second-order valence-corrected chi connectivity index (χ2v) is 6.24. The van der Waals surface area contributed by atoms with Gasteiger partial charge in [0.1, 0.15) is 5.68 Å². The van der Waals surface area contributed by atoms with Crippen molar-refractivity contribution in [2.24, 2.45) is 4.99 Å². The molecule has 0 spiro atoms. The molecule has 0 saturated carbocycles. The number of nitrogens with zero attached hydrogens (tertiary/aromatic N) is 2. The Balaban J connectivity index is 2.41. The SMILES string of the molecule is CC=NC1=C(Cc2ccc(C#N)cc2C)C(=O)[B]C(C)(CO)C1. The molecule has 0 amide bonds. The molecule has 1 aliphatic heterocycles. The maximum atomic E-state index is 12.5. The molecule has 1 heterocycles. The van der Waals surface area contributed by atoms with E-state index < -0.39 is 5.31 Å². The molecule has 0 saturated heterocycles. The van der Waals surface area contributed by atoms with Crippen molar-refractivity contribution in [3.8, 4) is 6.07 Å². The average molecular weight is 307 g/mol. The Hall–Kier alpha value is -2.19. The van der Waals surface area contributed by atoms with E-state index in [2.05, 4.69) is 11.1 Å². The summed E-state index contributed by atoms with van der Waals surface area (Å²) in [5, 5.41) is 17.9. The highest BCUT2D eigenvalue weighted by molar-refractivity contribution is 6.80. The summed E-state index contributed by atoms with van der Waals surface area (Å²) in [7, 11) is 1.61. The zero-order valence-electron chi connectivity index (χ0n) is 13.8. The van der Waals surface area contributed by atoms with Crippen molar-refractivity contribution in [3.63, 3.8) is 0 Å². The number of hydrogen-bond donors (Lipinski definition) is 1. The molecule has 5 heteroatoms. The first-order valence-corrected chi connectivity index (χ1v) is 7.64. The van der Waals surface area contributed by atoms with Crippen LogP contribution < -0.4 is 0 Å². The van der Waals surface area contributed by atoms with E-state index in [-0.39, 0.29) is 12.3 Å². The van der Waals surface area contributed by atoms with Crippen molar-refractivity contribution in [3.05, 3.63) is 46.2 Å². The molecular weight excluding hydrogens is 287 g/mol. The number of aliphatic hydroxyl groups excluding tert-OH is 1. The highest BCUT2D eigenvalue weighted by Gasteiger charge is 2.37. The normalized spacial score (nSPS) is 21.4. The van der Waals surface area contributed by atoms with E-state index in [0.717, 1.165) is 16.8 Å². The number of nitriles is 1. The summed E-state index contributed by atoms with van der Waals surface area (Å²) >= 11 is 0. The van der Waals surface area contributed by atoms with Gasteiger partial charge in [0, 0.05) is 30.5 Å². The van der Waals surface area contributed by atoms with Gasteiger partial charge < -0.3 is 9.90 Å². The minimum atomic E-state index is -0.553. The lowest BCUT2D eigenvalue weighted by molar-refractivity contribution is -0.109. The third-order valence-corrected chi connectivity index (χ3v) is 4.18. The number of hydrogen-bond acceptors (Lipinski definition) is 4. The van der Waals surface area contributed by atoms with E-state index in [4.69, 9.17) is 5.26 Å². The topological polar surface area (TPSA) is 73.5 Å². The van der Waals surface area contributed by atoms with Gasteiger partial charge in [-0.15, -0.1) is 0 Å². The number of carbonyl (C=O) groups excluding carboxylic acids is 1. The van der Waals surface area contributed by atoms with E-state index in [1.165, 1.54) is 0 Å². The van der Waals surface area contributed by atoms with Crippen molar-refractivity contribution < 1.29 is 9.90 Å². The second kappa shape index (κ2) is 6.93. The van der Waals surface area contributed by atoms with Gasteiger partial charge in [0.15, 0.2) is 0 Å². The Morgan fingerprint density at radius 3 is 2.83 bits per heavy atom. The fourth-order valence-corrected chi connectivity index (χ4v) is 2.81. The van der Waals surface area contributed by atoms with Crippen LogP contribution in [0.3, 0.4) is 0 Å². The zero-order valence-corrected chi connectivity index (χ0v) is 13.8. The minimum Gasteiger partial charge on any atom is -0.397 e. The Morgan fingerprint density at radius 1 is 1.52 bits per heavy atom. The number of aliphatic imine (C=N–C) groups is 1.